The predicted molar refractivity (Wildman–Crippen MR) is 52.7 cm³/mol. The van der Waals surface area contributed by atoms with Crippen molar-refractivity contribution in [2.75, 3.05) is 0 Å². The normalized spacial score (nSPS) is 11.7. The Morgan fingerprint density at radius 2 is 2.00 bits per heavy atom. The molecule has 0 nitrogen and oxygen atoms in total. The van der Waals surface area contributed by atoms with Crippen LogP contribution in [0.3, 0.4) is 0 Å². The van der Waals surface area contributed by atoms with E-state index in [4.69, 9.17) is 0 Å². The second-order valence-electron chi connectivity index (χ2n) is 3.33. The van der Waals surface area contributed by atoms with E-state index >= 15 is 0 Å². The average Bonchev–Trinajstić information content (AvgIpc) is 1.86. The fourth-order valence-electron chi connectivity index (χ4n) is 1.10. The largest absolute Gasteiger partial charge is 0.0998 e. The van der Waals surface area contributed by atoms with Crippen molar-refractivity contribution in [3.05, 3.63) is 23.8 Å². The SMILES string of the molecule is C=C(C)C/C(C)=C/CCCC. The van der Waals surface area contributed by atoms with Crippen molar-refractivity contribution >= 4 is 0 Å². The standard InChI is InChI=1S/C11H20/c1-5-6-7-8-11(4)9-10(2)3/h8H,2,5-7,9H2,1,3-4H3/b11-8+. The highest BCUT2D eigenvalue weighted by molar-refractivity contribution is 5.08. The van der Waals surface area contributed by atoms with Crippen LogP contribution in [-0.2, 0) is 0 Å². The number of hydrogen-bond acceptors (Lipinski definition) is 0. The highest BCUT2D eigenvalue weighted by atomic mass is 14.0. The molecule has 0 rings (SSSR count). The molecule has 0 aliphatic carbocycles. The van der Waals surface area contributed by atoms with Crippen LogP contribution in [0.25, 0.3) is 0 Å². The summed E-state index contributed by atoms with van der Waals surface area (Å²) in [6.07, 6.45) is 7.24. The average molecular weight is 152 g/mol. The van der Waals surface area contributed by atoms with Crippen molar-refractivity contribution in [1.82, 2.24) is 0 Å². The van der Waals surface area contributed by atoms with Gasteiger partial charge in [0.1, 0.15) is 0 Å². The van der Waals surface area contributed by atoms with Crippen LogP contribution in [-0.4, -0.2) is 0 Å². The monoisotopic (exact) mass is 152 g/mol. The molecule has 0 N–H and O–H groups in total. The third kappa shape index (κ3) is 7.38. The molecule has 0 amide bonds. The second kappa shape index (κ2) is 6.21. The zero-order chi connectivity index (χ0) is 8.69. The second-order valence-corrected chi connectivity index (χ2v) is 3.33. The quantitative estimate of drug-likeness (QED) is 0.411. The highest BCUT2D eigenvalue weighted by Gasteiger charge is 1.89. The van der Waals surface area contributed by atoms with Crippen molar-refractivity contribution in [3.63, 3.8) is 0 Å². The molecule has 0 heteroatoms. The molecule has 64 valence electrons. The van der Waals surface area contributed by atoms with Crippen LogP contribution in [0.2, 0.25) is 0 Å². The van der Waals surface area contributed by atoms with Gasteiger partial charge >= 0.3 is 0 Å². The number of unbranched alkanes of at least 4 members (excludes halogenated alkanes) is 2. The lowest BCUT2D eigenvalue weighted by Crippen LogP contribution is -1.78. The van der Waals surface area contributed by atoms with Gasteiger partial charge in [-0.15, -0.1) is 0 Å². The van der Waals surface area contributed by atoms with E-state index in [1.807, 2.05) is 0 Å². The lowest BCUT2D eigenvalue weighted by Gasteiger charge is -1.99. The Labute approximate surface area is 71.0 Å². The highest BCUT2D eigenvalue weighted by Crippen LogP contribution is 2.09. The Bertz CT molecular complexity index is 140. The van der Waals surface area contributed by atoms with Gasteiger partial charge in [0.05, 0.1) is 0 Å². The Morgan fingerprint density at radius 3 is 2.45 bits per heavy atom. The fourth-order valence-corrected chi connectivity index (χ4v) is 1.10. The van der Waals surface area contributed by atoms with Crippen LogP contribution in [0.4, 0.5) is 0 Å². The first-order chi connectivity index (χ1) is 5.16. The summed E-state index contributed by atoms with van der Waals surface area (Å²) in [7, 11) is 0. The molecule has 0 fully saturated rings. The number of allylic oxidation sites excluding steroid dienone is 3. The molecular formula is C11H20. The molecule has 0 saturated heterocycles. The molecule has 0 unspecified atom stereocenters. The van der Waals surface area contributed by atoms with E-state index in [0.29, 0.717) is 0 Å². The van der Waals surface area contributed by atoms with Crippen LogP contribution in [0.15, 0.2) is 23.8 Å². The summed E-state index contributed by atoms with van der Waals surface area (Å²) in [6, 6.07) is 0. The van der Waals surface area contributed by atoms with Gasteiger partial charge < -0.3 is 0 Å². The Morgan fingerprint density at radius 1 is 1.36 bits per heavy atom. The van der Waals surface area contributed by atoms with E-state index < -0.39 is 0 Å². The summed E-state index contributed by atoms with van der Waals surface area (Å²) < 4.78 is 0. The lowest BCUT2D eigenvalue weighted by atomic mass is 10.1. The van der Waals surface area contributed by atoms with Gasteiger partial charge in [0.2, 0.25) is 0 Å². The van der Waals surface area contributed by atoms with E-state index in [1.165, 1.54) is 30.4 Å². The van der Waals surface area contributed by atoms with Gasteiger partial charge in [-0.1, -0.05) is 43.6 Å². The van der Waals surface area contributed by atoms with Crippen LogP contribution >= 0.6 is 0 Å². The summed E-state index contributed by atoms with van der Waals surface area (Å²) in [6.45, 7) is 10.4. The summed E-state index contributed by atoms with van der Waals surface area (Å²) in [4.78, 5) is 0. The van der Waals surface area contributed by atoms with Crippen LogP contribution in [0.1, 0.15) is 46.5 Å². The first kappa shape index (κ1) is 10.5. The predicted octanol–water partition coefficient (Wildman–Crippen LogP) is 4.09. The van der Waals surface area contributed by atoms with Gasteiger partial charge in [-0.2, -0.15) is 0 Å². The van der Waals surface area contributed by atoms with Crippen LogP contribution in [0, 0.1) is 0 Å². The van der Waals surface area contributed by atoms with Crippen LogP contribution < -0.4 is 0 Å². The molecule has 0 spiro atoms. The van der Waals surface area contributed by atoms with Gasteiger partial charge in [-0.25, -0.2) is 0 Å². The first-order valence-electron chi connectivity index (χ1n) is 4.46. The van der Waals surface area contributed by atoms with E-state index in [0.717, 1.165) is 6.42 Å². The minimum absolute atomic E-state index is 1.07. The molecule has 0 bridgehead atoms. The number of hydrogen-bond donors (Lipinski definition) is 0. The molecule has 11 heavy (non-hydrogen) atoms. The van der Waals surface area contributed by atoms with Crippen molar-refractivity contribution < 1.29 is 0 Å². The fraction of sp³-hybridized carbons (Fsp3) is 0.636. The summed E-state index contributed by atoms with van der Waals surface area (Å²) in [5.74, 6) is 0. The summed E-state index contributed by atoms with van der Waals surface area (Å²) >= 11 is 0. The minimum atomic E-state index is 1.07. The summed E-state index contributed by atoms with van der Waals surface area (Å²) in [5, 5.41) is 0. The molecule has 0 atom stereocenters. The summed E-state index contributed by atoms with van der Waals surface area (Å²) in [5.41, 5.74) is 2.72. The molecule has 0 saturated carbocycles. The first-order valence-corrected chi connectivity index (χ1v) is 4.46. The molecule has 0 aliphatic rings. The molecule has 0 heterocycles. The van der Waals surface area contributed by atoms with Gasteiger partial charge in [-0.3, -0.25) is 0 Å². The molecule has 0 aliphatic heterocycles. The van der Waals surface area contributed by atoms with E-state index in [9.17, 15) is 0 Å². The van der Waals surface area contributed by atoms with E-state index in [2.05, 4.69) is 33.4 Å². The Hall–Kier alpha value is -0.520. The van der Waals surface area contributed by atoms with Crippen LogP contribution in [0.5, 0.6) is 0 Å². The maximum atomic E-state index is 3.88. The molecule has 0 aromatic heterocycles. The third-order valence-corrected chi connectivity index (χ3v) is 1.63. The van der Waals surface area contributed by atoms with Gasteiger partial charge in [0, 0.05) is 0 Å². The zero-order valence-electron chi connectivity index (χ0n) is 8.11. The van der Waals surface area contributed by atoms with Crippen molar-refractivity contribution in [3.8, 4) is 0 Å². The lowest BCUT2D eigenvalue weighted by molar-refractivity contribution is 0.808. The van der Waals surface area contributed by atoms with Gasteiger partial charge in [0.15, 0.2) is 0 Å². The van der Waals surface area contributed by atoms with Crippen molar-refractivity contribution in [2.45, 2.75) is 46.5 Å². The Balaban J connectivity index is 3.54. The van der Waals surface area contributed by atoms with E-state index in [-0.39, 0.29) is 0 Å². The topological polar surface area (TPSA) is 0 Å². The third-order valence-electron chi connectivity index (χ3n) is 1.63. The molecule has 0 radical (unpaired) electrons. The molecule has 0 aromatic carbocycles. The Kier molecular flexibility index (Phi) is 5.91. The maximum Gasteiger partial charge on any atom is -0.0117 e. The van der Waals surface area contributed by atoms with Gasteiger partial charge in [-0.05, 0) is 26.7 Å². The zero-order valence-corrected chi connectivity index (χ0v) is 8.11. The van der Waals surface area contributed by atoms with Gasteiger partial charge in [0.25, 0.3) is 0 Å². The minimum Gasteiger partial charge on any atom is -0.0998 e. The van der Waals surface area contributed by atoms with E-state index in [1.54, 1.807) is 0 Å². The van der Waals surface area contributed by atoms with Crippen molar-refractivity contribution in [2.24, 2.45) is 0 Å². The number of rotatable bonds is 5. The molecule has 0 aromatic rings. The molecular weight excluding hydrogens is 132 g/mol. The maximum absolute atomic E-state index is 3.88. The smallest absolute Gasteiger partial charge is 0.0117 e. The van der Waals surface area contributed by atoms with Crippen molar-refractivity contribution in [1.29, 1.82) is 0 Å².